The van der Waals surface area contributed by atoms with Crippen molar-refractivity contribution in [2.24, 2.45) is 0 Å². The van der Waals surface area contributed by atoms with Crippen LogP contribution in [0, 0.1) is 0 Å². The predicted octanol–water partition coefficient (Wildman–Crippen LogP) is 3.16. The van der Waals surface area contributed by atoms with Crippen molar-refractivity contribution < 1.29 is 23.9 Å². The van der Waals surface area contributed by atoms with E-state index in [0.29, 0.717) is 36.4 Å². The molecule has 3 amide bonds. The van der Waals surface area contributed by atoms with Gasteiger partial charge in [-0.1, -0.05) is 37.3 Å². The van der Waals surface area contributed by atoms with Crippen LogP contribution in [0.25, 0.3) is 0 Å². The van der Waals surface area contributed by atoms with Gasteiger partial charge < -0.3 is 25.0 Å². The lowest BCUT2D eigenvalue weighted by Crippen LogP contribution is -2.54. The summed E-state index contributed by atoms with van der Waals surface area (Å²) in [6.07, 6.45) is 2.29. The van der Waals surface area contributed by atoms with Gasteiger partial charge in [0.2, 0.25) is 11.8 Å². The number of hydrogen-bond acceptors (Lipinski definition) is 5. The summed E-state index contributed by atoms with van der Waals surface area (Å²) >= 11 is 0. The minimum Gasteiger partial charge on any atom is -0.490 e. The SMILES string of the molecule is CCC(=O)Nc1ccc2c(c1)C(=O)N(C)[C@H]1CC[C@@H](CC(=O)NCCc3ccccc3)O[C@H]1CO2. The normalized spacial score (nSPS) is 21.6. The number of ether oxygens (including phenoxy) is 2. The van der Waals surface area contributed by atoms with Gasteiger partial charge in [-0.15, -0.1) is 0 Å². The van der Waals surface area contributed by atoms with E-state index in [-0.39, 0.29) is 49.0 Å². The Morgan fingerprint density at radius 1 is 1.09 bits per heavy atom. The Hall–Kier alpha value is -3.39. The molecule has 2 heterocycles. The zero-order valence-corrected chi connectivity index (χ0v) is 20.3. The van der Waals surface area contributed by atoms with Crippen LogP contribution < -0.4 is 15.4 Å². The van der Waals surface area contributed by atoms with Crippen molar-refractivity contribution in [3.05, 3.63) is 59.7 Å². The second-order valence-corrected chi connectivity index (χ2v) is 9.07. The van der Waals surface area contributed by atoms with Gasteiger partial charge >= 0.3 is 0 Å². The van der Waals surface area contributed by atoms with Gasteiger partial charge in [0.25, 0.3) is 5.91 Å². The second-order valence-electron chi connectivity index (χ2n) is 9.07. The van der Waals surface area contributed by atoms with Gasteiger partial charge in [0.15, 0.2) is 0 Å². The molecule has 0 bridgehead atoms. The molecule has 0 aromatic heterocycles. The van der Waals surface area contributed by atoms with E-state index in [1.807, 2.05) is 30.3 Å². The van der Waals surface area contributed by atoms with E-state index in [4.69, 9.17) is 9.47 Å². The number of fused-ring (bicyclic) bond motifs is 2. The molecule has 2 aliphatic rings. The van der Waals surface area contributed by atoms with E-state index >= 15 is 0 Å². The number of rotatable bonds is 7. The highest BCUT2D eigenvalue weighted by Crippen LogP contribution is 2.32. The van der Waals surface area contributed by atoms with Gasteiger partial charge in [0.05, 0.1) is 24.1 Å². The van der Waals surface area contributed by atoms with Gasteiger partial charge in [-0.3, -0.25) is 14.4 Å². The predicted molar refractivity (Wildman–Crippen MR) is 132 cm³/mol. The Labute approximate surface area is 206 Å². The first-order valence-corrected chi connectivity index (χ1v) is 12.2. The molecule has 1 fully saturated rings. The average Bonchev–Trinajstić information content (AvgIpc) is 2.87. The number of amides is 3. The second kappa shape index (κ2) is 11.4. The van der Waals surface area contributed by atoms with Crippen molar-refractivity contribution in [1.82, 2.24) is 10.2 Å². The third kappa shape index (κ3) is 6.19. The summed E-state index contributed by atoms with van der Waals surface area (Å²) in [5.41, 5.74) is 2.17. The van der Waals surface area contributed by atoms with Gasteiger partial charge in [0, 0.05) is 25.7 Å². The van der Waals surface area contributed by atoms with Crippen LogP contribution in [0.5, 0.6) is 5.75 Å². The standard InChI is InChI=1S/C27H33N3O5/c1-3-25(31)29-19-9-12-23-21(15-19)27(33)30(2)22-11-10-20(35-24(22)17-34-23)16-26(32)28-14-13-18-7-5-4-6-8-18/h4-9,12,15,20,22,24H,3,10-11,13-14,16-17H2,1-2H3,(H,28,32)(H,29,31)/t20-,22-,24-/m0/s1. The van der Waals surface area contributed by atoms with E-state index < -0.39 is 0 Å². The maximum Gasteiger partial charge on any atom is 0.257 e. The molecular weight excluding hydrogens is 446 g/mol. The summed E-state index contributed by atoms with van der Waals surface area (Å²) < 4.78 is 12.2. The third-order valence-corrected chi connectivity index (χ3v) is 6.61. The fraction of sp³-hybridized carbons (Fsp3) is 0.444. The smallest absolute Gasteiger partial charge is 0.257 e. The lowest BCUT2D eigenvalue weighted by molar-refractivity contribution is -0.134. The Kier molecular flexibility index (Phi) is 8.02. The van der Waals surface area contributed by atoms with Crippen LogP contribution in [0.15, 0.2) is 48.5 Å². The van der Waals surface area contributed by atoms with Crippen LogP contribution in [0.1, 0.15) is 48.5 Å². The van der Waals surface area contributed by atoms with E-state index in [2.05, 4.69) is 10.6 Å². The molecule has 35 heavy (non-hydrogen) atoms. The Morgan fingerprint density at radius 3 is 2.66 bits per heavy atom. The molecule has 0 saturated carbocycles. The number of likely N-dealkylation sites (N-methyl/N-ethyl adjacent to an activating group) is 1. The third-order valence-electron chi connectivity index (χ3n) is 6.61. The zero-order chi connectivity index (χ0) is 24.8. The highest BCUT2D eigenvalue weighted by molar-refractivity contribution is 5.99. The van der Waals surface area contributed by atoms with Crippen molar-refractivity contribution in [1.29, 1.82) is 0 Å². The number of carbonyl (C=O) groups is 3. The van der Waals surface area contributed by atoms with Crippen LogP contribution in [-0.2, 0) is 20.7 Å². The molecule has 0 aliphatic carbocycles. The van der Waals surface area contributed by atoms with Crippen molar-refractivity contribution in [2.75, 3.05) is 25.5 Å². The molecule has 186 valence electrons. The lowest BCUT2D eigenvalue weighted by atomic mass is 9.94. The first-order valence-electron chi connectivity index (χ1n) is 12.2. The van der Waals surface area contributed by atoms with E-state index in [0.717, 1.165) is 12.8 Å². The number of benzene rings is 2. The lowest BCUT2D eigenvalue weighted by Gasteiger charge is -2.42. The number of hydrogen-bond donors (Lipinski definition) is 2. The average molecular weight is 480 g/mol. The maximum atomic E-state index is 13.3. The monoisotopic (exact) mass is 479 g/mol. The number of nitrogens with zero attached hydrogens (tertiary/aromatic N) is 1. The first-order chi connectivity index (χ1) is 16.9. The van der Waals surface area contributed by atoms with Crippen LogP contribution in [0.3, 0.4) is 0 Å². The van der Waals surface area contributed by atoms with E-state index in [1.54, 1.807) is 37.1 Å². The molecule has 0 radical (unpaired) electrons. The Morgan fingerprint density at radius 2 is 1.89 bits per heavy atom. The van der Waals surface area contributed by atoms with Crippen molar-refractivity contribution in [2.45, 2.75) is 57.3 Å². The Balaban J connectivity index is 1.35. The number of nitrogens with one attached hydrogen (secondary N) is 2. The largest absolute Gasteiger partial charge is 0.490 e. The van der Waals surface area contributed by atoms with Crippen LogP contribution in [-0.4, -0.2) is 61.1 Å². The summed E-state index contributed by atoms with van der Waals surface area (Å²) in [4.78, 5) is 39.2. The topological polar surface area (TPSA) is 97.0 Å². The van der Waals surface area contributed by atoms with Crippen molar-refractivity contribution >= 4 is 23.4 Å². The zero-order valence-electron chi connectivity index (χ0n) is 20.3. The molecular formula is C27H33N3O5. The molecule has 8 heteroatoms. The van der Waals surface area contributed by atoms with Crippen LogP contribution in [0.2, 0.25) is 0 Å². The molecule has 8 nitrogen and oxygen atoms in total. The van der Waals surface area contributed by atoms with Gasteiger partial charge in [0.1, 0.15) is 18.5 Å². The molecule has 2 aliphatic heterocycles. The molecule has 0 spiro atoms. The highest BCUT2D eigenvalue weighted by atomic mass is 16.5. The molecule has 4 rings (SSSR count). The van der Waals surface area contributed by atoms with Crippen molar-refractivity contribution in [3.63, 3.8) is 0 Å². The quantitative estimate of drug-likeness (QED) is 0.636. The van der Waals surface area contributed by atoms with E-state index in [9.17, 15) is 14.4 Å². The molecule has 2 aromatic carbocycles. The van der Waals surface area contributed by atoms with Crippen LogP contribution in [0.4, 0.5) is 5.69 Å². The summed E-state index contributed by atoms with van der Waals surface area (Å²) in [5.74, 6) is 0.128. The summed E-state index contributed by atoms with van der Waals surface area (Å²) in [7, 11) is 1.77. The molecule has 0 unspecified atom stereocenters. The molecule has 1 saturated heterocycles. The fourth-order valence-electron chi connectivity index (χ4n) is 4.62. The number of carbonyl (C=O) groups excluding carboxylic acids is 3. The minimum absolute atomic E-state index is 0.0347. The summed E-state index contributed by atoms with van der Waals surface area (Å²) in [5, 5.41) is 5.77. The summed E-state index contributed by atoms with van der Waals surface area (Å²) in [6, 6.07) is 15.0. The molecule has 2 N–H and O–H groups in total. The number of anilines is 1. The Bertz CT molecular complexity index is 1060. The van der Waals surface area contributed by atoms with Gasteiger partial charge in [-0.05, 0) is 43.0 Å². The van der Waals surface area contributed by atoms with Gasteiger partial charge in [-0.2, -0.15) is 0 Å². The van der Waals surface area contributed by atoms with Gasteiger partial charge in [-0.25, -0.2) is 0 Å². The fourth-order valence-corrected chi connectivity index (χ4v) is 4.62. The first kappa shape index (κ1) is 24.7. The van der Waals surface area contributed by atoms with Crippen LogP contribution >= 0.6 is 0 Å². The summed E-state index contributed by atoms with van der Waals surface area (Å²) in [6.45, 7) is 2.64. The molecule has 2 aromatic rings. The maximum absolute atomic E-state index is 13.3. The minimum atomic E-state index is -0.326. The van der Waals surface area contributed by atoms with Crippen molar-refractivity contribution in [3.8, 4) is 5.75 Å². The molecule has 3 atom stereocenters. The highest BCUT2D eigenvalue weighted by Gasteiger charge is 2.39. The van der Waals surface area contributed by atoms with E-state index in [1.165, 1.54) is 5.56 Å².